The highest BCUT2D eigenvalue weighted by atomic mass is 35.5. The van der Waals surface area contributed by atoms with Crippen LogP contribution in [0.4, 0.5) is 11.4 Å². The molecule has 0 atom stereocenters. The van der Waals surface area contributed by atoms with Gasteiger partial charge in [0.05, 0.1) is 16.4 Å². The van der Waals surface area contributed by atoms with E-state index >= 15 is 0 Å². The average Bonchev–Trinajstić information content (AvgIpc) is 2.80. The van der Waals surface area contributed by atoms with Gasteiger partial charge in [0.25, 0.3) is 11.6 Å². The Balaban J connectivity index is 1.87. The predicted octanol–water partition coefficient (Wildman–Crippen LogP) is 4.72. The van der Waals surface area contributed by atoms with Gasteiger partial charge in [-0.05, 0) is 55.5 Å². The van der Waals surface area contributed by atoms with E-state index in [0.717, 1.165) is 4.31 Å². The minimum Gasteiger partial charge on any atom is -0.494 e. The molecule has 0 fully saturated rings. The maximum atomic E-state index is 13.0. The molecule has 0 bridgehead atoms. The fraction of sp³-hybridized carbons (Fsp3) is 0.174. The van der Waals surface area contributed by atoms with Gasteiger partial charge in [-0.25, -0.2) is 8.42 Å². The summed E-state index contributed by atoms with van der Waals surface area (Å²) in [6, 6.07) is 16.0. The van der Waals surface area contributed by atoms with Crippen LogP contribution in [0, 0.1) is 10.1 Å². The Morgan fingerprint density at radius 2 is 1.82 bits per heavy atom. The van der Waals surface area contributed by atoms with Crippen LogP contribution in [0.5, 0.6) is 5.75 Å². The van der Waals surface area contributed by atoms with Gasteiger partial charge in [-0.1, -0.05) is 17.7 Å². The van der Waals surface area contributed by atoms with Crippen molar-refractivity contribution in [1.29, 1.82) is 0 Å². The molecule has 0 spiro atoms. The molecule has 0 aliphatic heterocycles. The van der Waals surface area contributed by atoms with E-state index in [4.69, 9.17) is 16.3 Å². The van der Waals surface area contributed by atoms with Crippen LogP contribution in [0.25, 0.3) is 0 Å². The fourth-order valence-corrected chi connectivity index (χ4v) is 4.43. The van der Waals surface area contributed by atoms with Gasteiger partial charge >= 0.3 is 0 Å². The molecule has 0 radical (unpaired) electrons. The van der Waals surface area contributed by atoms with E-state index in [9.17, 15) is 23.3 Å². The van der Waals surface area contributed by atoms with E-state index in [1.54, 1.807) is 13.0 Å². The Bertz CT molecular complexity index is 1310. The van der Waals surface area contributed by atoms with Crippen LogP contribution in [-0.4, -0.2) is 37.2 Å². The van der Waals surface area contributed by atoms with Crippen molar-refractivity contribution >= 4 is 38.9 Å². The van der Waals surface area contributed by atoms with Crippen molar-refractivity contribution in [3.05, 3.63) is 93.0 Å². The maximum Gasteiger partial charge on any atom is 0.271 e. The normalized spacial score (nSPS) is 11.3. The van der Waals surface area contributed by atoms with Crippen molar-refractivity contribution in [1.82, 2.24) is 4.31 Å². The Labute approximate surface area is 202 Å². The number of hydrogen-bond acceptors (Lipinski definition) is 6. The molecule has 1 amide bonds. The van der Waals surface area contributed by atoms with Crippen LogP contribution in [-0.2, 0) is 16.6 Å². The van der Waals surface area contributed by atoms with Crippen LogP contribution in [0.15, 0.2) is 71.6 Å². The first-order valence-electron chi connectivity index (χ1n) is 10.1. The maximum absolute atomic E-state index is 13.0. The number of rotatable bonds is 9. The number of nitro benzene ring substituents is 1. The van der Waals surface area contributed by atoms with Crippen molar-refractivity contribution in [2.75, 3.05) is 19.0 Å². The van der Waals surface area contributed by atoms with Crippen LogP contribution in [0.1, 0.15) is 22.8 Å². The number of non-ortho nitro benzene ring substituents is 1. The average molecular weight is 504 g/mol. The lowest BCUT2D eigenvalue weighted by Gasteiger charge is -2.20. The summed E-state index contributed by atoms with van der Waals surface area (Å²) in [4.78, 5) is 23.3. The first-order valence-corrected chi connectivity index (χ1v) is 12.0. The van der Waals surface area contributed by atoms with Gasteiger partial charge in [0, 0.05) is 47.6 Å². The molecule has 34 heavy (non-hydrogen) atoms. The number of hydrogen-bond donors (Lipinski definition) is 1. The van der Waals surface area contributed by atoms with Crippen LogP contribution >= 0.6 is 11.6 Å². The number of ether oxygens (including phenoxy) is 1. The van der Waals surface area contributed by atoms with E-state index in [1.165, 1.54) is 67.7 Å². The summed E-state index contributed by atoms with van der Waals surface area (Å²) < 4.78 is 32.7. The van der Waals surface area contributed by atoms with Gasteiger partial charge in [-0.3, -0.25) is 14.9 Å². The predicted molar refractivity (Wildman–Crippen MR) is 129 cm³/mol. The molecule has 178 valence electrons. The summed E-state index contributed by atoms with van der Waals surface area (Å²) in [7, 11) is -2.40. The van der Waals surface area contributed by atoms with Gasteiger partial charge in [0.15, 0.2) is 0 Å². The van der Waals surface area contributed by atoms with Crippen molar-refractivity contribution in [2.24, 2.45) is 0 Å². The molecule has 3 rings (SSSR count). The smallest absolute Gasteiger partial charge is 0.271 e. The highest BCUT2D eigenvalue weighted by Gasteiger charge is 2.23. The lowest BCUT2D eigenvalue weighted by molar-refractivity contribution is -0.384. The number of benzene rings is 3. The number of nitrogens with one attached hydrogen (secondary N) is 1. The van der Waals surface area contributed by atoms with Crippen molar-refractivity contribution < 1.29 is 22.9 Å². The Kier molecular flexibility index (Phi) is 7.87. The zero-order valence-corrected chi connectivity index (χ0v) is 20.0. The van der Waals surface area contributed by atoms with Gasteiger partial charge in [-0.2, -0.15) is 4.31 Å². The summed E-state index contributed by atoms with van der Waals surface area (Å²) in [5.74, 6) is -0.0689. The fourth-order valence-electron chi connectivity index (χ4n) is 3.15. The molecule has 0 heterocycles. The van der Waals surface area contributed by atoms with Gasteiger partial charge < -0.3 is 10.1 Å². The molecule has 0 saturated carbocycles. The molecule has 0 saturated heterocycles. The highest BCUT2D eigenvalue weighted by Crippen LogP contribution is 2.26. The summed E-state index contributed by atoms with van der Waals surface area (Å²) in [5, 5.41) is 14.0. The second-order valence-corrected chi connectivity index (χ2v) is 9.71. The molecule has 11 heteroatoms. The van der Waals surface area contributed by atoms with E-state index in [2.05, 4.69) is 5.32 Å². The molecule has 1 N–H and O–H groups in total. The minimum atomic E-state index is -3.83. The summed E-state index contributed by atoms with van der Waals surface area (Å²) in [6.45, 7) is 2.08. The number of carbonyl (C=O) groups is 1. The van der Waals surface area contributed by atoms with Gasteiger partial charge in [0.1, 0.15) is 5.75 Å². The van der Waals surface area contributed by atoms with Gasteiger partial charge in [0.2, 0.25) is 10.0 Å². The van der Waals surface area contributed by atoms with E-state index in [-0.39, 0.29) is 28.4 Å². The van der Waals surface area contributed by atoms with Crippen LogP contribution in [0.3, 0.4) is 0 Å². The minimum absolute atomic E-state index is 0.0573. The van der Waals surface area contributed by atoms with Crippen LogP contribution in [0.2, 0.25) is 5.02 Å². The molecule has 3 aromatic carbocycles. The topological polar surface area (TPSA) is 119 Å². The molecule has 0 aliphatic rings. The molecular formula is C23H22ClN3O6S. The first kappa shape index (κ1) is 25.2. The number of nitrogens with zero attached hydrogens (tertiary/aromatic N) is 2. The number of carbonyl (C=O) groups excluding carboxylic acids is 1. The number of sulfonamides is 1. The lowest BCUT2D eigenvalue weighted by atomic mass is 10.1. The zero-order valence-electron chi connectivity index (χ0n) is 18.4. The third-order valence-corrected chi connectivity index (χ3v) is 6.92. The van der Waals surface area contributed by atoms with E-state index < -0.39 is 20.9 Å². The molecule has 0 unspecified atom stereocenters. The van der Waals surface area contributed by atoms with E-state index in [1.807, 2.05) is 0 Å². The van der Waals surface area contributed by atoms with E-state index in [0.29, 0.717) is 22.9 Å². The largest absolute Gasteiger partial charge is 0.494 e. The second kappa shape index (κ2) is 10.6. The number of halogens is 1. The van der Waals surface area contributed by atoms with Crippen molar-refractivity contribution in [3.63, 3.8) is 0 Å². The molecular weight excluding hydrogens is 482 g/mol. The summed E-state index contributed by atoms with van der Waals surface area (Å²) in [5.41, 5.74) is 0.826. The number of anilines is 1. The standard InChI is InChI=1S/C23H22ClN3O6S/c1-3-33-22-12-7-16(23(28)25-19-5-4-6-20(14-19)27(29)30)13-17(22)15-26(2)34(31,32)21-10-8-18(24)9-11-21/h4-14H,3,15H2,1-2H3,(H,25,28). The molecule has 9 nitrogen and oxygen atoms in total. The molecule has 3 aromatic rings. The summed E-state index contributed by atoms with van der Waals surface area (Å²) in [6.07, 6.45) is 0. The monoisotopic (exact) mass is 503 g/mol. The SMILES string of the molecule is CCOc1ccc(C(=O)Nc2cccc([N+](=O)[O-])c2)cc1CN(C)S(=O)(=O)c1ccc(Cl)cc1. The van der Waals surface area contributed by atoms with Crippen molar-refractivity contribution in [3.8, 4) is 5.75 Å². The number of amides is 1. The Hall–Kier alpha value is -3.47. The molecule has 0 aromatic heterocycles. The summed E-state index contributed by atoms with van der Waals surface area (Å²) >= 11 is 5.86. The zero-order chi connectivity index (χ0) is 24.9. The second-order valence-electron chi connectivity index (χ2n) is 7.23. The van der Waals surface area contributed by atoms with Gasteiger partial charge in [-0.15, -0.1) is 0 Å². The first-order chi connectivity index (χ1) is 16.1. The van der Waals surface area contributed by atoms with Crippen LogP contribution < -0.4 is 10.1 Å². The third-order valence-electron chi connectivity index (χ3n) is 4.85. The highest BCUT2D eigenvalue weighted by molar-refractivity contribution is 7.89. The quantitative estimate of drug-likeness (QED) is 0.333. The third kappa shape index (κ3) is 5.90. The number of nitro groups is 1. The van der Waals surface area contributed by atoms with Crippen molar-refractivity contribution in [2.45, 2.75) is 18.4 Å². The lowest BCUT2D eigenvalue weighted by Crippen LogP contribution is -2.27. The Morgan fingerprint density at radius 3 is 2.47 bits per heavy atom. The molecule has 0 aliphatic carbocycles. The Morgan fingerprint density at radius 1 is 1.12 bits per heavy atom.